The lowest BCUT2D eigenvalue weighted by molar-refractivity contribution is 0.0303. The molecule has 0 aliphatic carbocycles. The normalized spacial score (nSPS) is 17.8. The minimum atomic E-state index is -0.650. The fraction of sp³-hybridized carbons (Fsp3) is 0.500. The van der Waals surface area contributed by atoms with Crippen molar-refractivity contribution in [2.75, 3.05) is 25.1 Å². The van der Waals surface area contributed by atoms with Crippen molar-refractivity contribution in [1.82, 2.24) is 10.2 Å². The van der Waals surface area contributed by atoms with E-state index in [4.69, 9.17) is 0 Å². The molecule has 2 heterocycles. The van der Waals surface area contributed by atoms with E-state index in [2.05, 4.69) is 14.9 Å². The number of nitrogens with zero attached hydrogens (tertiary/aromatic N) is 3. The van der Waals surface area contributed by atoms with Gasteiger partial charge in [0.15, 0.2) is 11.5 Å². The molecule has 0 radical (unpaired) electrons. The number of hydrogen-bond donors (Lipinski definition) is 1. The monoisotopic (exact) mass is 223 g/mol. The highest BCUT2D eigenvalue weighted by Gasteiger charge is 2.37. The van der Waals surface area contributed by atoms with E-state index in [1.54, 1.807) is 19.1 Å². The van der Waals surface area contributed by atoms with Crippen LogP contribution < -0.4 is 4.90 Å². The highest BCUT2D eigenvalue weighted by molar-refractivity contribution is 5.87. The third kappa shape index (κ3) is 1.96. The van der Waals surface area contributed by atoms with Crippen LogP contribution in [-0.2, 0) is 4.74 Å². The van der Waals surface area contributed by atoms with Crippen LogP contribution in [-0.4, -0.2) is 47.1 Å². The molecule has 6 nitrogen and oxygen atoms in total. The molecule has 2 rings (SSSR count). The highest BCUT2D eigenvalue weighted by Crippen LogP contribution is 2.24. The van der Waals surface area contributed by atoms with Crippen LogP contribution in [0.1, 0.15) is 17.4 Å². The molecule has 0 aromatic carbocycles. The summed E-state index contributed by atoms with van der Waals surface area (Å²) in [7, 11) is 1.30. The number of methoxy groups -OCH3 is 1. The van der Waals surface area contributed by atoms with Gasteiger partial charge in [0.25, 0.3) is 0 Å². The van der Waals surface area contributed by atoms with Gasteiger partial charge in [-0.25, -0.2) is 4.79 Å². The van der Waals surface area contributed by atoms with Gasteiger partial charge in [0, 0.05) is 13.1 Å². The van der Waals surface area contributed by atoms with Crippen molar-refractivity contribution in [1.29, 1.82) is 0 Å². The fourth-order valence-electron chi connectivity index (χ4n) is 1.65. The Morgan fingerprint density at radius 2 is 2.19 bits per heavy atom. The molecule has 1 aromatic rings. The van der Waals surface area contributed by atoms with Crippen LogP contribution in [0.5, 0.6) is 0 Å². The van der Waals surface area contributed by atoms with E-state index in [9.17, 15) is 9.90 Å². The zero-order chi connectivity index (χ0) is 11.8. The summed E-state index contributed by atoms with van der Waals surface area (Å²) in [5.74, 6) is 0.147. The maximum atomic E-state index is 11.1. The average molecular weight is 223 g/mol. The van der Waals surface area contributed by atoms with E-state index < -0.39 is 11.6 Å². The number of ether oxygens (including phenoxy) is 1. The highest BCUT2D eigenvalue weighted by atomic mass is 16.5. The molecule has 1 fully saturated rings. The van der Waals surface area contributed by atoms with Crippen LogP contribution in [0, 0.1) is 0 Å². The van der Waals surface area contributed by atoms with Crippen molar-refractivity contribution in [3.63, 3.8) is 0 Å². The van der Waals surface area contributed by atoms with E-state index in [1.165, 1.54) is 7.11 Å². The lowest BCUT2D eigenvalue weighted by Gasteiger charge is -2.44. The number of anilines is 1. The fourth-order valence-corrected chi connectivity index (χ4v) is 1.65. The molecule has 0 atom stereocenters. The molecular formula is C10H13N3O3. The van der Waals surface area contributed by atoms with Gasteiger partial charge in [-0.3, -0.25) is 0 Å². The van der Waals surface area contributed by atoms with Gasteiger partial charge >= 0.3 is 5.97 Å². The van der Waals surface area contributed by atoms with Crippen molar-refractivity contribution in [3.8, 4) is 0 Å². The Kier molecular flexibility index (Phi) is 2.51. The summed E-state index contributed by atoms with van der Waals surface area (Å²) >= 11 is 0. The van der Waals surface area contributed by atoms with Crippen LogP contribution in [0.25, 0.3) is 0 Å². The number of aromatic nitrogens is 2. The lowest BCUT2D eigenvalue weighted by Crippen LogP contribution is -2.60. The summed E-state index contributed by atoms with van der Waals surface area (Å²) in [6, 6.07) is 3.25. The molecule has 0 saturated carbocycles. The van der Waals surface area contributed by atoms with Gasteiger partial charge < -0.3 is 14.7 Å². The zero-order valence-electron chi connectivity index (χ0n) is 9.17. The second-order valence-corrected chi connectivity index (χ2v) is 4.12. The second-order valence-electron chi connectivity index (χ2n) is 4.12. The maximum absolute atomic E-state index is 11.1. The van der Waals surface area contributed by atoms with Gasteiger partial charge in [-0.1, -0.05) is 0 Å². The van der Waals surface area contributed by atoms with E-state index >= 15 is 0 Å². The Morgan fingerprint density at radius 3 is 2.62 bits per heavy atom. The van der Waals surface area contributed by atoms with Crippen molar-refractivity contribution < 1.29 is 14.6 Å². The van der Waals surface area contributed by atoms with Gasteiger partial charge in [-0.2, -0.15) is 0 Å². The molecule has 0 spiro atoms. The quantitative estimate of drug-likeness (QED) is 0.702. The summed E-state index contributed by atoms with van der Waals surface area (Å²) < 4.78 is 4.51. The third-order valence-corrected chi connectivity index (χ3v) is 2.43. The first-order chi connectivity index (χ1) is 7.52. The van der Waals surface area contributed by atoms with Crippen LogP contribution in [0.3, 0.4) is 0 Å². The SMILES string of the molecule is COC(=O)c1ccc(N2CC(C)(O)C2)nn1. The maximum Gasteiger partial charge on any atom is 0.358 e. The largest absolute Gasteiger partial charge is 0.464 e. The lowest BCUT2D eigenvalue weighted by atomic mass is 9.97. The predicted octanol–water partition coefficient (Wildman–Crippen LogP) is -0.166. The van der Waals surface area contributed by atoms with Crippen molar-refractivity contribution in [2.24, 2.45) is 0 Å². The van der Waals surface area contributed by atoms with Gasteiger partial charge in [0.2, 0.25) is 0 Å². The van der Waals surface area contributed by atoms with E-state index in [1.807, 2.05) is 4.90 Å². The molecule has 16 heavy (non-hydrogen) atoms. The van der Waals surface area contributed by atoms with Gasteiger partial charge in [-0.05, 0) is 19.1 Å². The standard InChI is InChI=1S/C10H13N3O3/c1-10(15)5-13(6-10)8-4-3-7(11-12-8)9(14)16-2/h3-4,15H,5-6H2,1-2H3. The summed E-state index contributed by atoms with van der Waals surface area (Å²) in [6.07, 6.45) is 0. The minimum Gasteiger partial charge on any atom is -0.464 e. The molecule has 0 amide bonds. The molecule has 0 unspecified atom stereocenters. The summed E-state index contributed by atoms with van der Waals surface area (Å²) in [4.78, 5) is 13.0. The molecular weight excluding hydrogens is 210 g/mol. The Labute approximate surface area is 92.9 Å². The van der Waals surface area contributed by atoms with E-state index in [-0.39, 0.29) is 5.69 Å². The molecule has 1 saturated heterocycles. The molecule has 1 aliphatic heterocycles. The molecule has 86 valence electrons. The smallest absolute Gasteiger partial charge is 0.358 e. The molecule has 0 bridgehead atoms. The number of esters is 1. The topological polar surface area (TPSA) is 75.5 Å². The van der Waals surface area contributed by atoms with Gasteiger partial charge in [0.05, 0.1) is 12.7 Å². The van der Waals surface area contributed by atoms with Crippen molar-refractivity contribution >= 4 is 11.8 Å². The first-order valence-corrected chi connectivity index (χ1v) is 4.91. The Hall–Kier alpha value is -1.69. The van der Waals surface area contributed by atoms with Crippen molar-refractivity contribution in [3.05, 3.63) is 17.8 Å². The number of hydrogen-bond acceptors (Lipinski definition) is 6. The third-order valence-electron chi connectivity index (χ3n) is 2.43. The summed E-state index contributed by atoms with van der Waals surface area (Å²) in [5, 5.41) is 17.2. The molecule has 6 heteroatoms. The first-order valence-electron chi connectivity index (χ1n) is 4.91. The molecule has 1 N–H and O–H groups in total. The number of aliphatic hydroxyl groups is 1. The van der Waals surface area contributed by atoms with Gasteiger partial charge in [0.1, 0.15) is 0 Å². The van der Waals surface area contributed by atoms with E-state index in [0.29, 0.717) is 18.9 Å². The minimum absolute atomic E-state index is 0.179. The Morgan fingerprint density at radius 1 is 1.50 bits per heavy atom. The summed E-state index contributed by atoms with van der Waals surface area (Å²) in [6.45, 7) is 2.82. The van der Waals surface area contributed by atoms with E-state index in [0.717, 1.165) is 0 Å². The first kappa shape index (κ1) is 10.8. The number of rotatable bonds is 2. The van der Waals surface area contributed by atoms with Crippen molar-refractivity contribution in [2.45, 2.75) is 12.5 Å². The second kappa shape index (κ2) is 3.71. The number of carbonyl (C=O) groups excluding carboxylic acids is 1. The van der Waals surface area contributed by atoms with Crippen LogP contribution >= 0.6 is 0 Å². The van der Waals surface area contributed by atoms with Gasteiger partial charge in [-0.15, -0.1) is 10.2 Å². The summed E-state index contributed by atoms with van der Waals surface area (Å²) in [5.41, 5.74) is -0.471. The van der Waals surface area contributed by atoms with Crippen LogP contribution in [0.4, 0.5) is 5.82 Å². The van der Waals surface area contributed by atoms with Crippen LogP contribution in [0.15, 0.2) is 12.1 Å². The molecule has 1 aromatic heterocycles. The number of carbonyl (C=O) groups is 1. The Balaban J connectivity index is 2.06. The molecule has 1 aliphatic rings. The Bertz CT molecular complexity index is 394. The van der Waals surface area contributed by atoms with Crippen LogP contribution in [0.2, 0.25) is 0 Å². The predicted molar refractivity (Wildman–Crippen MR) is 56.2 cm³/mol. The average Bonchev–Trinajstić information content (AvgIpc) is 2.25. The zero-order valence-corrected chi connectivity index (χ0v) is 9.17. The number of β-amino-alcohol motifs (C(OH)–C–C–N with tert-alkyl or cyclic N) is 1.